The Labute approximate surface area is 99.0 Å². The molecule has 0 aromatic heterocycles. The van der Waals surface area contributed by atoms with E-state index in [0.717, 1.165) is 12.1 Å². The molecular formula is C12H16F2N2O. The molecule has 1 aromatic carbocycles. The Balaban J connectivity index is 2.62. The summed E-state index contributed by atoms with van der Waals surface area (Å²) in [7, 11) is 0. The summed E-state index contributed by atoms with van der Waals surface area (Å²) in [4.78, 5) is 11.6. The molecule has 1 aromatic rings. The fraction of sp³-hybridized carbons (Fsp3) is 0.417. The third-order valence-corrected chi connectivity index (χ3v) is 2.51. The van der Waals surface area contributed by atoms with Gasteiger partial charge in [-0.1, -0.05) is 13.0 Å². The van der Waals surface area contributed by atoms with Crippen molar-refractivity contribution in [2.45, 2.75) is 25.8 Å². The van der Waals surface area contributed by atoms with Crippen molar-refractivity contribution in [3.05, 3.63) is 35.4 Å². The van der Waals surface area contributed by atoms with Crippen LogP contribution in [0.2, 0.25) is 0 Å². The van der Waals surface area contributed by atoms with Crippen LogP contribution in [0.4, 0.5) is 8.78 Å². The summed E-state index contributed by atoms with van der Waals surface area (Å²) in [5, 5.41) is 2.68. The van der Waals surface area contributed by atoms with Crippen molar-refractivity contribution in [1.82, 2.24) is 5.32 Å². The number of carbonyl (C=O) groups excluding carboxylic acids is 1. The van der Waals surface area contributed by atoms with Crippen LogP contribution in [0.3, 0.4) is 0 Å². The molecule has 1 amide bonds. The van der Waals surface area contributed by atoms with Gasteiger partial charge in [-0.2, -0.15) is 0 Å². The van der Waals surface area contributed by atoms with E-state index >= 15 is 0 Å². The van der Waals surface area contributed by atoms with E-state index in [0.29, 0.717) is 13.0 Å². The Hall–Kier alpha value is -1.49. The predicted octanol–water partition coefficient (Wildman–Crippen LogP) is 1.36. The topological polar surface area (TPSA) is 55.1 Å². The summed E-state index contributed by atoms with van der Waals surface area (Å²) in [6, 6.07) is 3.06. The molecule has 0 aliphatic rings. The van der Waals surface area contributed by atoms with E-state index in [1.54, 1.807) is 0 Å². The molecular weight excluding hydrogens is 226 g/mol. The van der Waals surface area contributed by atoms with E-state index in [-0.39, 0.29) is 23.9 Å². The van der Waals surface area contributed by atoms with Gasteiger partial charge in [0.05, 0.1) is 6.42 Å². The summed E-state index contributed by atoms with van der Waals surface area (Å²) < 4.78 is 25.9. The largest absolute Gasteiger partial charge is 0.352 e. The summed E-state index contributed by atoms with van der Waals surface area (Å²) in [6.07, 6.45) is 0.608. The highest BCUT2D eigenvalue weighted by Gasteiger charge is 2.12. The van der Waals surface area contributed by atoms with Crippen molar-refractivity contribution in [3.63, 3.8) is 0 Å². The van der Waals surface area contributed by atoms with Crippen LogP contribution < -0.4 is 11.1 Å². The monoisotopic (exact) mass is 242 g/mol. The maximum atomic E-state index is 13.3. The molecule has 0 saturated heterocycles. The molecule has 1 atom stereocenters. The zero-order valence-corrected chi connectivity index (χ0v) is 9.67. The number of hydrogen-bond acceptors (Lipinski definition) is 2. The summed E-state index contributed by atoms with van der Waals surface area (Å²) >= 11 is 0. The standard InChI is InChI=1S/C12H16F2N2O/c1-2-10(7-15)16-12(17)5-8-3-4-9(13)6-11(8)14/h3-4,6,10H,2,5,7,15H2,1H3,(H,16,17). The van der Waals surface area contributed by atoms with Gasteiger partial charge in [-0.05, 0) is 18.1 Å². The first-order valence-corrected chi connectivity index (χ1v) is 5.50. The SMILES string of the molecule is CCC(CN)NC(=O)Cc1ccc(F)cc1F. The highest BCUT2D eigenvalue weighted by molar-refractivity contribution is 5.78. The molecule has 0 radical (unpaired) electrons. The first-order valence-electron chi connectivity index (χ1n) is 5.50. The van der Waals surface area contributed by atoms with Crippen LogP contribution in [0.25, 0.3) is 0 Å². The highest BCUT2D eigenvalue weighted by Crippen LogP contribution is 2.10. The van der Waals surface area contributed by atoms with Gasteiger partial charge >= 0.3 is 0 Å². The maximum Gasteiger partial charge on any atom is 0.224 e. The first kappa shape index (κ1) is 13.6. The fourth-order valence-electron chi connectivity index (χ4n) is 1.44. The van der Waals surface area contributed by atoms with Crippen LogP contribution in [-0.2, 0) is 11.2 Å². The van der Waals surface area contributed by atoms with Crippen molar-refractivity contribution >= 4 is 5.91 Å². The van der Waals surface area contributed by atoms with E-state index in [2.05, 4.69) is 5.32 Å². The van der Waals surface area contributed by atoms with Crippen molar-refractivity contribution in [2.24, 2.45) is 5.73 Å². The van der Waals surface area contributed by atoms with Crippen molar-refractivity contribution in [1.29, 1.82) is 0 Å². The van der Waals surface area contributed by atoms with Crippen LogP contribution in [-0.4, -0.2) is 18.5 Å². The van der Waals surface area contributed by atoms with Crippen molar-refractivity contribution in [3.8, 4) is 0 Å². The molecule has 0 saturated carbocycles. The smallest absolute Gasteiger partial charge is 0.224 e. The Bertz CT molecular complexity index is 392. The Morgan fingerprint density at radius 3 is 2.71 bits per heavy atom. The molecule has 0 fully saturated rings. The van der Waals surface area contributed by atoms with Gasteiger partial charge in [0, 0.05) is 18.7 Å². The zero-order chi connectivity index (χ0) is 12.8. The van der Waals surface area contributed by atoms with Gasteiger partial charge in [0.15, 0.2) is 0 Å². The normalized spacial score (nSPS) is 12.2. The molecule has 0 heterocycles. The molecule has 94 valence electrons. The zero-order valence-electron chi connectivity index (χ0n) is 9.67. The molecule has 17 heavy (non-hydrogen) atoms. The van der Waals surface area contributed by atoms with Crippen molar-refractivity contribution in [2.75, 3.05) is 6.54 Å². The predicted molar refractivity (Wildman–Crippen MR) is 61.3 cm³/mol. The average Bonchev–Trinajstić information content (AvgIpc) is 2.29. The second-order valence-corrected chi connectivity index (χ2v) is 3.82. The molecule has 0 bridgehead atoms. The van der Waals surface area contributed by atoms with Gasteiger partial charge in [-0.15, -0.1) is 0 Å². The molecule has 0 spiro atoms. The summed E-state index contributed by atoms with van der Waals surface area (Å²) in [6.45, 7) is 2.24. The van der Waals surface area contributed by atoms with Crippen LogP contribution in [0.15, 0.2) is 18.2 Å². The number of rotatable bonds is 5. The van der Waals surface area contributed by atoms with Gasteiger partial charge in [0.2, 0.25) is 5.91 Å². The lowest BCUT2D eigenvalue weighted by molar-refractivity contribution is -0.121. The number of hydrogen-bond donors (Lipinski definition) is 2. The van der Waals surface area contributed by atoms with Crippen molar-refractivity contribution < 1.29 is 13.6 Å². The molecule has 5 heteroatoms. The number of carbonyl (C=O) groups is 1. The summed E-state index contributed by atoms with van der Waals surface area (Å²) in [5.74, 6) is -1.67. The van der Waals surface area contributed by atoms with E-state index in [4.69, 9.17) is 5.73 Å². The lowest BCUT2D eigenvalue weighted by Crippen LogP contribution is -2.40. The Morgan fingerprint density at radius 1 is 1.47 bits per heavy atom. The van der Waals surface area contributed by atoms with E-state index in [1.807, 2.05) is 6.92 Å². The number of benzene rings is 1. The van der Waals surface area contributed by atoms with Gasteiger partial charge in [0.25, 0.3) is 0 Å². The van der Waals surface area contributed by atoms with Crippen LogP contribution in [0, 0.1) is 11.6 Å². The highest BCUT2D eigenvalue weighted by atomic mass is 19.1. The fourth-order valence-corrected chi connectivity index (χ4v) is 1.44. The van der Waals surface area contributed by atoms with Gasteiger partial charge in [-0.25, -0.2) is 8.78 Å². The van der Waals surface area contributed by atoms with Crippen LogP contribution in [0.5, 0.6) is 0 Å². The lowest BCUT2D eigenvalue weighted by Gasteiger charge is -2.14. The third-order valence-electron chi connectivity index (χ3n) is 2.51. The van der Waals surface area contributed by atoms with Crippen LogP contribution >= 0.6 is 0 Å². The van der Waals surface area contributed by atoms with Gasteiger partial charge in [0.1, 0.15) is 11.6 Å². The number of nitrogens with one attached hydrogen (secondary N) is 1. The number of amides is 1. The molecule has 3 N–H and O–H groups in total. The second kappa shape index (κ2) is 6.30. The number of nitrogens with two attached hydrogens (primary N) is 1. The van der Waals surface area contributed by atoms with Gasteiger partial charge in [-0.3, -0.25) is 4.79 Å². The van der Waals surface area contributed by atoms with E-state index in [9.17, 15) is 13.6 Å². The molecule has 3 nitrogen and oxygen atoms in total. The minimum Gasteiger partial charge on any atom is -0.352 e. The molecule has 1 rings (SSSR count). The average molecular weight is 242 g/mol. The van der Waals surface area contributed by atoms with E-state index < -0.39 is 11.6 Å². The molecule has 0 aliphatic heterocycles. The lowest BCUT2D eigenvalue weighted by atomic mass is 10.1. The third kappa shape index (κ3) is 4.11. The minimum absolute atomic E-state index is 0.106. The quantitative estimate of drug-likeness (QED) is 0.819. The Kier molecular flexibility index (Phi) is 5.03. The minimum atomic E-state index is -0.707. The van der Waals surface area contributed by atoms with Gasteiger partial charge < -0.3 is 11.1 Å². The second-order valence-electron chi connectivity index (χ2n) is 3.82. The van der Waals surface area contributed by atoms with E-state index in [1.165, 1.54) is 6.07 Å². The molecule has 0 aliphatic carbocycles. The van der Waals surface area contributed by atoms with Crippen LogP contribution in [0.1, 0.15) is 18.9 Å². The Morgan fingerprint density at radius 2 is 2.18 bits per heavy atom. The molecule has 1 unspecified atom stereocenters. The number of halogens is 2. The maximum absolute atomic E-state index is 13.3. The summed E-state index contributed by atoms with van der Waals surface area (Å²) in [5.41, 5.74) is 5.61. The first-order chi connectivity index (χ1) is 8.06.